The summed E-state index contributed by atoms with van der Waals surface area (Å²) in [7, 11) is 0. The molecule has 0 bridgehead atoms. The summed E-state index contributed by atoms with van der Waals surface area (Å²) < 4.78 is 27.0. The number of hydrogen-bond donors (Lipinski definition) is 5. The molecule has 0 radical (unpaired) electrons. The predicted octanol–water partition coefficient (Wildman–Crippen LogP) is 4.49. The van der Waals surface area contributed by atoms with Gasteiger partial charge in [0.1, 0.15) is 23.0 Å². The van der Waals surface area contributed by atoms with Gasteiger partial charge in [0.2, 0.25) is 0 Å². The van der Waals surface area contributed by atoms with Gasteiger partial charge < -0.3 is 30.8 Å². The van der Waals surface area contributed by atoms with Crippen molar-refractivity contribution in [2.45, 2.75) is 12.5 Å². The molecule has 2 aliphatic rings. The van der Waals surface area contributed by atoms with Crippen LogP contribution in [-0.2, 0) is 5.54 Å². The number of carbonyl (C=O) groups is 1. The maximum absolute atomic E-state index is 13.9. The summed E-state index contributed by atoms with van der Waals surface area (Å²) in [6.45, 7) is 7.38. The van der Waals surface area contributed by atoms with E-state index in [4.69, 9.17) is 4.98 Å². The molecule has 40 heavy (non-hydrogen) atoms. The van der Waals surface area contributed by atoms with E-state index in [1.807, 2.05) is 30.5 Å². The maximum Gasteiger partial charge on any atom is 0.323 e. The highest BCUT2D eigenvalue weighted by molar-refractivity contribution is 5.99. The largest absolute Gasteiger partial charge is 0.369 e. The number of hydrogen-bond acceptors (Lipinski definition) is 6. The summed E-state index contributed by atoms with van der Waals surface area (Å²) in [5.41, 5.74) is 9.90. The van der Waals surface area contributed by atoms with E-state index in [1.165, 1.54) is 11.8 Å². The fourth-order valence-electron chi connectivity index (χ4n) is 5.20. The zero-order chi connectivity index (χ0) is 27.7. The van der Waals surface area contributed by atoms with Crippen LogP contribution in [0.25, 0.3) is 11.0 Å². The van der Waals surface area contributed by atoms with E-state index < -0.39 is 23.2 Å². The van der Waals surface area contributed by atoms with Crippen molar-refractivity contribution in [1.29, 1.82) is 0 Å². The molecule has 9 nitrogen and oxygen atoms in total. The molecule has 3 heterocycles. The zero-order valence-electron chi connectivity index (χ0n) is 22.0. The van der Waals surface area contributed by atoms with Crippen molar-refractivity contribution >= 4 is 34.1 Å². The number of imidazole rings is 1. The maximum atomic E-state index is 13.9. The highest BCUT2D eigenvalue weighted by Crippen LogP contribution is 2.34. The van der Waals surface area contributed by atoms with Gasteiger partial charge in [-0.2, -0.15) is 0 Å². The number of H-pyrrole nitrogens is 1. The molecule has 1 atom stereocenters. The summed E-state index contributed by atoms with van der Waals surface area (Å²) >= 11 is 0. The molecule has 0 saturated carbocycles. The minimum atomic E-state index is -0.851. The molecule has 2 amide bonds. The van der Waals surface area contributed by atoms with Crippen LogP contribution in [0.5, 0.6) is 0 Å². The molecule has 2 aliphatic heterocycles. The van der Waals surface area contributed by atoms with Crippen molar-refractivity contribution in [3.05, 3.63) is 96.0 Å². The molecule has 0 spiro atoms. The Balaban J connectivity index is 1.20. The van der Waals surface area contributed by atoms with Gasteiger partial charge in [0.25, 0.3) is 0 Å². The number of aromatic nitrogens is 2. The number of benzene rings is 3. The van der Waals surface area contributed by atoms with Crippen molar-refractivity contribution in [3.63, 3.8) is 0 Å². The first-order chi connectivity index (χ1) is 19.4. The van der Waals surface area contributed by atoms with Crippen molar-refractivity contribution in [2.75, 3.05) is 48.3 Å². The van der Waals surface area contributed by atoms with E-state index in [0.29, 0.717) is 11.8 Å². The van der Waals surface area contributed by atoms with E-state index in [2.05, 4.69) is 55.3 Å². The Bertz CT molecular complexity index is 1560. The molecule has 0 aliphatic carbocycles. The average molecular weight is 545 g/mol. The third-order valence-corrected chi connectivity index (χ3v) is 7.49. The third-order valence-electron chi connectivity index (χ3n) is 7.49. The van der Waals surface area contributed by atoms with Gasteiger partial charge in [-0.15, -0.1) is 0 Å². The normalized spacial score (nSPS) is 19.1. The number of urea groups is 1. The van der Waals surface area contributed by atoms with Gasteiger partial charge in [0, 0.05) is 49.8 Å². The summed E-state index contributed by atoms with van der Waals surface area (Å²) in [5.74, 6) is -0.842. The molecule has 1 saturated heterocycles. The van der Waals surface area contributed by atoms with Crippen LogP contribution in [0.15, 0.2) is 72.9 Å². The number of carbonyl (C=O) groups excluding carboxylic acids is 1. The quantitative estimate of drug-likeness (QED) is 0.245. The Morgan fingerprint density at radius 1 is 1.00 bits per heavy atom. The number of nitrogens with zero attached hydrogens (tertiary/aromatic N) is 3. The first-order valence-corrected chi connectivity index (χ1v) is 13.2. The SMILES string of the molecule is CCN1CCN(c2ccc3nc(C4(c5ccc(NC(=O)Nc6ccc(F)cc6F)cc5)C=CNN4)[nH]c3c2)CC1. The van der Waals surface area contributed by atoms with Gasteiger partial charge in [0.15, 0.2) is 0 Å². The third kappa shape index (κ3) is 4.96. The number of rotatable bonds is 6. The van der Waals surface area contributed by atoms with Crippen molar-refractivity contribution in [3.8, 4) is 0 Å². The monoisotopic (exact) mass is 544 g/mol. The average Bonchev–Trinajstić information content (AvgIpc) is 3.63. The summed E-state index contributed by atoms with van der Waals surface area (Å²) in [6, 6.07) is 15.9. The lowest BCUT2D eigenvalue weighted by Crippen LogP contribution is -2.46. The van der Waals surface area contributed by atoms with Crippen LogP contribution in [0.4, 0.5) is 30.6 Å². The Hall–Kier alpha value is -4.48. The Morgan fingerprint density at radius 2 is 1.80 bits per heavy atom. The second-order valence-electron chi connectivity index (χ2n) is 9.90. The number of fused-ring (bicyclic) bond motifs is 1. The highest BCUT2D eigenvalue weighted by atomic mass is 19.1. The molecule has 1 unspecified atom stereocenters. The molecular formula is C29H30F2N8O. The molecular weight excluding hydrogens is 514 g/mol. The second kappa shape index (κ2) is 10.6. The predicted molar refractivity (Wildman–Crippen MR) is 152 cm³/mol. The van der Waals surface area contributed by atoms with Crippen molar-refractivity contribution < 1.29 is 13.6 Å². The standard InChI is InChI=1S/C29H30F2N8O/c1-2-38-13-15-39(16-14-38)22-8-10-25-26(18-22)35-27(34-25)29(11-12-32-37-29)19-3-6-21(7-4-19)33-28(40)36-24-9-5-20(30)17-23(24)31/h3-12,17-18,32,37H,2,13-16H2,1H3,(H,34,35)(H2,33,36,40). The molecule has 4 aromatic rings. The van der Waals surface area contributed by atoms with Crippen LogP contribution in [0.1, 0.15) is 18.3 Å². The number of aromatic amines is 1. The van der Waals surface area contributed by atoms with Gasteiger partial charge in [-0.1, -0.05) is 19.1 Å². The highest BCUT2D eigenvalue weighted by Gasteiger charge is 2.37. The molecule has 6 rings (SSSR count). The Labute approximate surface area is 230 Å². The van der Waals surface area contributed by atoms with Crippen LogP contribution in [-0.4, -0.2) is 53.6 Å². The van der Waals surface area contributed by atoms with Gasteiger partial charge in [0.05, 0.1) is 16.7 Å². The lowest BCUT2D eigenvalue weighted by Gasteiger charge is -2.35. The second-order valence-corrected chi connectivity index (χ2v) is 9.90. The first kappa shape index (κ1) is 25.8. The van der Waals surface area contributed by atoms with Gasteiger partial charge in [-0.3, -0.25) is 0 Å². The van der Waals surface area contributed by atoms with Gasteiger partial charge in [-0.25, -0.2) is 24.0 Å². The lowest BCUT2D eigenvalue weighted by molar-refractivity contribution is 0.262. The molecule has 1 fully saturated rings. The van der Waals surface area contributed by atoms with Crippen LogP contribution in [0, 0.1) is 11.6 Å². The van der Waals surface area contributed by atoms with E-state index >= 15 is 0 Å². The van der Waals surface area contributed by atoms with Gasteiger partial charge >= 0.3 is 6.03 Å². The fourth-order valence-corrected chi connectivity index (χ4v) is 5.20. The Morgan fingerprint density at radius 3 is 2.50 bits per heavy atom. The number of hydrazine groups is 1. The smallest absolute Gasteiger partial charge is 0.323 e. The van der Waals surface area contributed by atoms with E-state index in [9.17, 15) is 13.6 Å². The first-order valence-electron chi connectivity index (χ1n) is 13.2. The van der Waals surface area contributed by atoms with E-state index in [0.717, 1.165) is 61.2 Å². The minimum absolute atomic E-state index is 0.114. The number of piperazine rings is 1. The molecule has 3 aromatic carbocycles. The number of nitrogens with one attached hydrogen (secondary N) is 5. The number of halogens is 2. The van der Waals surface area contributed by atoms with Gasteiger partial charge in [-0.05, 0) is 60.6 Å². The lowest BCUT2D eigenvalue weighted by atomic mass is 9.90. The number of likely N-dealkylation sites (N-methyl/N-ethyl adjacent to an activating group) is 1. The number of amides is 2. The van der Waals surface area contributed by atoms with Crippen LogP contribution in [0.3, 0.4) is 0 Å². The Kier molecular flexibility index (Phi) is 6.82. The molecule has 1 aromatic heterocycles. The summed E-state index contributed by atoms with van der Waals surface area (Å²) in [4.78, 5) is 25.7. The van der Waals surface area contributed by atoms with E-state index in [1.54, 1.807) is 12.1 Å². The fraction of sp³-hybridized carbons (Fsp3) is 0.241. The minimum Gasteiger partial charge on any atom is -0.369 e. The van der Waals surface area contributed by atoms with Crippen molar-refractivity contribution in [2.24, 2.45) is 0 Å². The van der Waals surface area contributed by atoms with Crippen molar-refractivity contribution in [1.82, 2.24) is 25.7 Å². The van der Waals surface area contributed by atoms with Crippen LogP contribution in [0.2, 0.25) is 0 Å². The topological polar surface area (TPSA) is 100 Å². The summed E-state index contributed by atoms with van der Waals surface area (Å²) in [5, 5.41) is 5.06. The molecule has 5 N–H and O–H groups in total. The van der Waals surface area contributed by atoms with E-state index in [-0.39, 0.29) is 5.69 Å². The zero-order valence-corrected chi connectivity index (χ0v) is 22.0. The molecule has 206 valence electrons. The number of anilines is 3. The van der Waals surface area contributed by atoms with Crippen LogP contribution >= 0.6 is 0 Å². The summed E-state index contributed by atoms with van der Waals surface area (Å²) in [6.07, 6.45) is 3.81. The molecule has 11 heteroatoms. The van der Waals surface area contributed by atoms with Crippen LogP contribution < -0.4 is 26.4 Å².